The number of carbonyl (C=O) groups is 1. The fraction of sp³-hybridized carbons (Fsp3) is 0.520. The highest BCUT2D eigenvalue weighted by Gasteiger charge is 2.38. The minimum atomic E-state index is -4.01. The van der Waals surface area contributed by atoms with E-state index in [2.05, 4.69) is 20.0 Å². The van der Waals surface area contributed by atoms with E-state index in [4.69, 9.17) is 29.0 Å². The molecule has 3 N–H and O–H groups in total. The van der Waals surface area contributed by atoms with Gasteiger partial charge in [0.15, 0.2) is 11.2 Å². The molecular formula is C25H35N6O7P. The van der Waals surface area contributed by atoms with Crippen LogP contribution in [0, 0.1) is 5.92 Å². The molecule has 0 saturated carbocycles. The van der Waals surface area contributed by atoms with Crippen molar-refractivity contribution in [1.29, 1.82) is 0 Å². The zero-order chi connectivity index (χ0) is 28.2. The first-order valence-electron chi connectivity index (χ1n) is 12.8. The van der Waals surface area contributed by atoms with E-state index < -0.39 is 32.1 Å². The van der Waals surface area contributed by atoms with Crippen LogP contribution in [0.5, 0.6) is 11.6 Å². The third-order valence-corrected chi connectivity index (χ3v) is 7.52. The Morgan fingerprint density at radius 2 is 2.00 bits per heavy atom. The number of carbonyl (C=O) groups excluding carboxylic acids is 1. The van der Waals surface area contributed by atoms with Crippen LogP contribution in [0.2, 0.25) is 0 Å². The number of ether oxygens (including phenoxy) is 3. The van der Waals surface area contributed by atoms with Gasteiger partial charge in [0.2, 0.25) is 11.8 Å². The van der Waals surface area contributed by atoms with E-state index in [1.807, 2.05) is 13.8 Å². The quantitative estimate of drug-likeness (QED) is 0.242. The Morgan fingerprint density at radius 3 is 2.69 bits per heavy atom. The molecule has 0 radical (unpaired) electrons. The van der Waals surface area contributed by atoms with Gasteiger partial charge in [0.1, 0.15) is 18.0 Å². The summed E-state index contributed by atoms with van der Waals surface area (Å²) in [4.78, 5) is 25.3. The van der Waals surface area contributed by atoms with Gasteiger partial charge < -0.3 is 24.5 Å². The molecule has 0 amide bonds. The Bertz CT molecular complexity index is 1320. The van der Waals surface area contributed by atoms with Gasteiger partial charge >= 0.3 is 13.7 Å². The summed E-state index contributed by atoms with van der Waals surface area (Å²) in [6.07, 6.45) is 1.01. The average molecular weight is 563 g/mol. The van der Waals surface area contributed by atoms with E-state index in [0.29, 0.717) is 35.8 Å². The summed E-state index contributed by atoms with van der Waals surface area (Å²) >= 11 is 0. The summed E-state index contributed by atoms with van der Waals surface area (Å²) in [5, 5.41) is 2.69. The van der Waals surface area contributed by atoms with Crippen LogP contribution in [0.15, 0.2) is 36.7 Å². The number of esters is 1. The first-order valence-corrected chi connectivity index (χ1v) is 14.4. The average Bonchev–Trinajstić information content (AvgIpc) is 3.46. The molecule has 1 aromatic carbocycles. The van der Waals surface area contributed by atoms with Crippen molar-refractivity contribution in [3.8, 4) is 11.6 Å². The molecule has 4 rings (SSSR count). The van der Waals surface area contributed by atoms with Crippen LogP contribution in [0.1, 0.15) is 47.3 Å². The van der Waals surface area contributed by atoms with Crippen molar-refractivity contribution in [2.24, 2.45) is 5.92 Å². The van der Waals surface area contributed by atoms with Gasteiger partial charge in [-0.25, -0.2) is 9.55 Å². The first kappa shape index (κ1) is 28.8. The molecule has 3 heterocycles. The summed E-state index contributed by atoms with van der Waals surface area (Å²) in [5.41, 5.74) is 6.87. The number of hydrogen-bond donors (Lipinski definition) is 2. The Morgan fingerprint density at radius 1 is 1.26 bits per heavy atom. The number of nitrogens with two attached hydrogens (primary N) is 1. The number of imidazole rings is 1. The first-order chi connectivity index (χ1) is 18.6. The summed E-state index contributed by atoms with van der Waals surface area (Å²) < 4.78 is 44.1. The molecule has 1 fully saturated rings. The minimum absolute atomic E-state index is 0.0325. The number of nitrogen functional groups attached to an aromatic ring is 1. The molecule has 1 unspecified atom stereocenters. The summed E-state index contributed by atoms with van der Waals surface area (Å²) in [7, 11) is -4.01. The fourth-order valence-electron chi connectivity index (χ4n) is 4.21. The molecule has 13 nitrogen and oxygen atoms in total. The van der Waals surface area contributed by atoms with Crippen LogP contribution in [-0.4, -0.2) is 57.0 Å². The summed E-state index contributed by atoms with van der Waals surface area (Å²) in [5.74, 6) is 0.150. The third-order valence-electron chi connectivity index (χ3n) is 5.87. The smallest absolute Gasteiger partial charge is 0.459 e. The van der Waals surface area contributed by atoms with E-state index in [1.54, 1.807) is 55.1 Å². The lowest BCUT2D eigenvalue weighted by Gasteiger charge is -2.24. The van der Waals surface area contributed by atoms with Crippen LogP contribution in [0.3, 0.4) is 0 Å². The van der Waals surface area contributed by atoms with Crippen molar-refractivity contribution in [2.45, 2.75) is 65.5 Å². The number of fused-ring (bicyclic) bond motifs is 1. The number of benzene rings is 1. The lowest BCUT2D eigenvalue weighted by molar-refractivity contribution is -0.149. The maximum absolute atomic E-state index is 13.8. The third kappa shape index (κ3) is 7.04. The highest BCUT2D eigenvalue weighted by Crippen LogP contribution is 2.46. The molecule has 0 spiro atoms. The number of hydrogen-bond acceptors (Lipinski definition) is 11. The van der Waals surface area contributed by atoms with Gasteiger partial charge in [0, 0.05) is 5.92 Å². The van der Waals surface area contributed by atoms with E-state index >= 15 is 0 Å². The topological polar surface area (TPSA) is 162 Å². The predicted molar refractivity (Wildman–Crippen MR) is 143 cm³/mol. The molecule has 1 aliphatic rings. The van der Waals surface area contributed by atoms with Gasteiger partial charge in [0.05, 0.1) is 31.7 Å². The molecule has 39 heavy (non-hydrogen) atoms. The van der Waals surface area contributed by atoms with Gasteiger partial charge in [-0.15, -0.1) is 0 Å². The van der Waals surface area contributed by atoms with Crippen LogP contribution < -0.4 is 20.1 Å². The fourth-order valence-corrected chi connectivity index (χ4v) is 5.73. The van der Waals surface area contributed by atoms with Crippen LogP contribution in [-0.2, 0) is 23.4 Å². The second-order valence-electron chi connectivity index (χ2n) is 9.54. The molecule has 1 saturated heterocycles. The van der Waals surface area contributed by atoms with Gasteiger partial charge in [-0.3, -0.25) is 13.9 Å². The highest BCUT2D eigenvalue weighted by atomic mass is 31.2. The molecule has 1 aliphatic heterocycles. The molecule has 14 heteroatoms. The molecule has 3 aromatic rings. The zero-order valence-corrected chi connectivity index (χ0v) is 23.5. The van der Waals surface area contributed by atoms with Crippen molar-refractivity contribution in [3.63, 3.8) is 0 Å². The Balaban J connectivity index is 1.48. The largest absolute Gasteiger partial charge is 0.476 e. The van der Waals surface area contributed by atoms with E-state index in [-0.39, 0.29) is 24.6 Å². The van der Waals surface area contributed by atoms with Gasteiger partial charge in [0.25, 0.3) is 0 Å². The maximum atomic E-state index is 13.8. The standard InChI is InChI=1S/C25H35N6O7P/c1-6-34-22-20-21(28-25(26)29-22)31(14-27-20)23-16(4)12-19(37-23)13-35-39(33,38-18-10-8-7-9-11-18)30-17(5)24(32)36-15(2)3/h7-11,14-17,19,23H,6,12-13H2,1-5H3,(H,30,33)(H2,26,28,29)/t16-,17-,19-,23+,39?/m0/s1. The van der Waals surface area contributed by atoms with Crippen molar-refractivity contribution < 1.29 is 32.6 Å². The number of nitrogens with zero attached hydrogens (tertiary/aromatic N) is 4. The van der Waals surface area contributed by atoms with Gasteiger partial charge in [-0.2, -0.15) is 15.1 Å². The highest BCUT2D eigenvalue weighted by molar-refractivity contribution is 7.52. The lowest BCUT2D eigenvalue weighted by atomic mass is 10.1. The van der Waals surface area contributed by atoms with E-state index in [1.165, 1.54) is 6.92 Å². The maximum Gasteiger partial charge on any atom is 0.459 e. The number of anilines is 1. The van der Waals surface area contributed by atoms with Crippen LogP contribution in [0.4, 0.5) is 5.95 Å². The second kappa shape index (κ2) is 12.3. The molecule has 0 bridgehead atoms. The molecule has 0 aliphatic carbocycles. The number of para-hydroxylation sites is 1. The number of aromatic nitrogens is 4. The summed E-state index contributed by atoms with van der Waals surface area (Å²) in [6.45, 7) is 9.21. The van der Waals surface area contributed by atoms with E-state index in [9.17, 15) is 9.36 Å². The van der Waals surface area contributed by atoms with Gasteiger partial charge in [-0.1, -0.05) is 25.1 Å². The second-order valence-corrected chi connectivity index (χ2v) is 11.2. The molecule has 212 valence electrons. The predicted octanol–water partition coefficient (Wildman–Crippen LogP) is 3.86. The van der Waals surface area contributed by atoms with Crippen molar-refractivity contribution in [1.82, 2.24) is 24.6 Å². The number of nitrogens with one attached hydrogen (secondary N) is 1. The Kier molecular flexibility index (Phi) is 9.06. The minimum Gasteiger partial charge on any atom is -0.476 e. The summed E-state index contributed by atoms with van der Waals surface area (Å²) in [6, 6.07) is 7.63. The van der Waals surface area contributed by atoms with Crippen molar-refractivity contribution >= 4 is 30.8 Å². The normalized spacial score (nSPS) is 21.5. The van der Waals surface area contributed by atoms with Crippen molar-refractivity contribution in [2.75, 3.05) is 18.9 Å². The van der Waals surface area contributed by atoms with E-state index in [0.717, 1.165) is 0 Å². The van der Waals surface area contributed by atoms with Crippen LogP contribution >= 0.6 is 7.75 Å². The SMILES string of the molecule is CCOc1nc(N)nc2c1ncn2[C@@H]1O[C@H](COP(=O)(N[C@@H](C)C(=O)OC(C)C)Oc2ccccc2)C[C@@H]1C. The van der Waals surface area contributed by atoms with Crippen LogP contribution in [0.25, 0.3) is 11.2 Å². The number of rotatable bonds is 12. The molecular weight excluding hydrogens is 527 g/mol. The van der Waals surface area contributed by atoms with Crippen molar-refractivity contribution in [3.05, 3.63) is 36.7 Å². The zero-order valence-electron chi connectivity index (χ0n) is 22.6. The Hall–Kier alpha value is -3.25. The monoisotopic (exact) mass is 562 g/mol. The van der Waals surface area contributed by atoms with Gasteiger partial charge in [-0.05, 0) is 46.2 Å². The Labute approximate surface area is 226 Å². The molecule has 2 aromatic heterocycles. The molecule has 5 atom stereocenters. The lowest BCUT2D eigenvalue weighted by Crippen LogP contribution is -2.36.